The second kappa shape index (κ2) is 10.3. The second-order valence-electron chi connectivity index (χ2n) is 9.51. The van der Waals surface area contributed by atoms with Crippen molar-refractivity contribution in [3.8, 4) is 0 Å². The Morgan fingerprint density at radius 2 is 1.56 bits per heavy atom. The first-order valence-corrected chi connectivity index (χ1v) is 11.9. The van der Waals surface area contributed by atoms with Gasteiger partial charge in [-0.1, -0.05) is 68.4 Å². The van der Waals surface area contributed by atoms with Gasteiger partial charge in [0, 0.05) is 52.1 Å². The molecule has 2 heterocycles. The molecule has 2 aliphatic rings. The lowest BCUT2D eigenvalue weighted by molar-refractivity contribution is -0.148. The molecule has 1 atom stereocenters. The van der Waals surface area contributed by atoms with Gasteiger partial charge in [0.2, 0.25) is 11.8 Å². The fraction of sp³-hybridized carbons (Fsp3) is 0.481. The van der Waals surface area contributed by atoms with E-state index in [-0.39, 0.29) is 23.8 Å². The summed E-state index contributed by atoms with van der Waals surface area (Å²) in [5, 5.41) is 0. The van der Waals surface area contributed by atoms with Gasteiger partial charge in [-0.3, -0.25) is 14.5 Å². The van der Waals surface area contributed by atoms with Gasteiger partial charge in [-0.25, -0.2) is 0 Å². The topological polar surface area (TPSA) is 43.9 Å². The van der Waals surface area contributed by atoms with E-state index in [2.05, 4.69) is 55.1 Å². The first kappa shape index (κ1) is 22.5. The molecule has 0 aromatic heterocycles. The van der Waals surface area contributed by atoms with Gasteiger partial charge >= 0.3 is 0 Å². The lowest BCUT2D eigenvalue weighted by Crippen LogP contribution is -2.57. The molecule has 4 rings (SSSR count). The third-order valence-corrected chi connectivity index (χ3v) is 6.68. The smallest absolute Gasteiger partial charge is 0.245 e. The lowest BCUT2D eigenvalue weighted by atomic mass is 9.92. The number of carbonyl (C=O) groups excluding carboxylic acids is 2. The van der Waals surface area contributed by atoms with Crippen LogP contribution in [0.1, 0.15) is 37.0 Å². The Labute approximate surface area is 192 Å². The van der Waals surface area contributed by atoms with Crippen molar-refractivity contribution in [1.82, 2.24) is 14.7 Å². The standard InChI is InChI=1S/C27H35N3O2/c1-21(2)18-26(31)30-20-24-11-7-6-10-23(24)19-25(30)27(32)29-16-14-28(15-17-29)13-12-22-8-4-3-5-9-22/h3-11,21,25H,12-20H2,1-2H3. The number of carbonyl (C=O) groups is 2. The predicted molar refractivity (Wildman–Crippen MR) is 127 cm³/mol. The fourth-order valence-corrected chi connectivity index (χ4v) is 4.81. The molecule has 0 aliphatic carbocycles. The lowest BCUT2D eigenvalue weighted by Gasteiger charge is -2.41. The minimum atomic E-state index is -0.382. The van der Waals surface area contributed by atoms with E-state index in [9.17, 15) is 9.59 Å². The van der Waals surface area contributed by atoms with Crippen LogP contribution in [0.4, 0.5) is 0 Å². The highest BCUT2D eigenvalue weighted by Crippen LogP contribution is 2.26. The maximum Gasteiger partial charge on any atom is 0.245 e. The Morgan fingerprint density at radius 3 is 2.25 bits per heavy atom. The minimum Gasteiger partial charge on any atom is -0.338 e. The maximum atomic E-state index is 13.6. The molecule has 0 radical (unpaired) electrons. The Bertz CT molecular complexity index is 920. The highest BCUT2D eigenvalue weighted by Gasteiger charge is 2.37. The third kappa shape index (κ3) is 5.39. The van der Waals surface area contributed by atoms with Crippen molar-refractivity contribution < 1.29 is 9.59 Å². The number of nitrogens with zero attached hydrogens (tertiary/aromatic N) is 3. The van der Waals surface area contributed by atoms with E-state index < -0.39 is 0 Å². The quantitative estimate of drug-likeness (QED) is 0.702. The van der Waals surface area contributed by atoms with Gasteiger partial charge in [-0.15, -0.1) is 0 Å². The first-order chi connectivity index (χ1) is 15.5. The monoisotopic (exact) mass is 433 g/mol. The molecular weight excluding hydrogens is 398 g/mol. The second-order valence-corrected chi connectivity index (χ2v) is 9.51. The normalized spacial score (nSPS) is 19.2. The zero-order chi connectivity index (χ0) is 22.5. The molecule has 0 bridgehead atoms. The van der Waals surface area contributed by atoms with Crippen molar-refractivity contribution in [3.05, 3.63) is 71.3 Å². The summed E-state index contributed by atoms with van der Waals surface area (Å²) in [6.07, 6.45) is 2.14. The van der Waals surface area contributed by atoms with Crippen molar-refractivity contribution in [2.75, 3.05) is 32.7 Å². The van der Waals surface area contributed by atoms with E-state index in [0.29, 0.717) is 19.4 Å². The van der Waals surface area contributed by atoms with Crippen molar-refractivity contribution >= 4 is 11.8 Å². The summed E-state index contributed by atoms with van der Waals surface area (Å²) >= 11 is 0. The zero-order valence-corrected chi connectivity index (χ0v) is 19.4. The number of benzene rings is 2. The Morgan fingerprint density at radius 1 is 0.906 bits per heavy atom. The molecule has 2 aliphatic heterocycles. The summed E-state index contributed by atoms with van der Waals surface area (Å²) in [7, 11) is 0. The molecule has 5 nitrogen and oxygen atoms in total. The summed E-state index contributed by atoms with van der Waals surface area (Å²) in [5.74, 6) is 0.484. The van der Waals surface area contributed by atoms with Crippen molar-refractivity contribution in [2.24, 2.45) is 5.92 Å². The summed E-state index contributed by atoms with van der Waals surface area (Å²) in [4.78, 5) is 32.9. The average Bonchev–Trinajstić information content (AvgIpc) is 2.82. The highest BCUT2D eigenvalue weighted by atomic mass is 16.2. The summed E-state index contributed by atoms with van der Waals surface area (Å²) in [5.41, 5.74) is 3.71. The van der Waals surface area contributed by atoms with E-state index >= 15 is 0 Å². The number of fused-ring (bicyclic) bond motifs is 1. The molecule has 5 heteroatoms. The summed E-state index contributed by atoms with van der Waals surface area (Å²) < 4.78 is 0. The van der Waals surface area contributed by atoms with Crippen LogP contribution >= 0.6 is 0 Å². The van der Waals surface area contributed by atoms with Crippen LogP contribution in [0.2, 0.25) is 0 Å². The van der Waals surface area contributed by atoms with Crippen LogP contribution < -0.4 is 0 Å². The SMILES string of the molecule is CC(C)CC(=O)N1Cc2ccccc2CC1C(=O)N1CCN(CCc2ccccc2)CC1. The molecule has 0 N–H and O–H groups in total. The van der Waals surface area contributed by atoms with Crippen molar-refractivity contribution in [3.63, 3.8) is 0 Å². The third-order valence-electron chi connectivity index (χ3n) is 6.68. The summed E-state index contributed by atoms with van der Waals surface area (Å²) in [6, 6.07) is 18.4. The molecule has 32 heavy (non-hydrogen) atoms. The molecule has 1 saturated heterocycles. The van der Waals surface area contributed by atoms with Crippen LogP contribution in [-0.4, -0.2) is 65.3 Å². The van der Waals surface area contributed by atoms with Crippen molar-refractivity contribution in [2.45, 2.75) is 45.7 Å². The van der Waals surface area contributed by atoms with Gasteiger partial charge < -0.3 is 9.80 Å². The number of amides is 2. The van der Waals surface area contributed by atoms with Crippen LogP contribution in [0.15, 0.2) is 54.6 Å². The zero-order valence-electron chi connectivity index (χ0n) is 19.4. The molecule has 2 aromatic rings. The van der Waals surface area contributed by atoms with Gasteiger partial charge in [0.25, 0.3) is 0 Å². The molecule has 0 spiro atoms. The minimum absolute atomic E-state index is 0.0920. The number of hydrogen-bond donors (Lipinski definition) is 0. The van der Waals surface area contributed by atoms with Gasteiger partial charge in [0.15, 0.2) is 0 Å². The van der Waals surface area contributed by atoms with Gasteiger partial charge in [-0.05, 0) is 29.0 Å². The van der Waals surface area contributed by atoms with Crippen LogP contribution in [0.25, 0.3) is 0 Å². The highest BCUT2D eigenvalue weighted by molar-refractivity contribution is 5.88. The Hall–Kier alpha value is -2.66. The van der Waals surface area contributed by atoms with E-state index in [4.69, 9.17) is 0 Å². The van der Waals surface area contributed by atoms with E-state index in [1.165, 1.54) is 16.7 Å². The Kier molecular flexibility index (Phi) is 7.26. The Balaban J connectivity index is 1.39. The number of hydrogen-bond acceptors (Lipinski definition) is 3. The molecule has 1 unspecified atom stereocenters. The van der Waals surface area contributed by atoms with Crippen LogP contribution in [0.5, 0.6) is 0 Å². The largest absolute Gasteiger partial charge is 0.338 e. The number of piperazine rings is 1. The van der Waals surface area contributed by atoms with Gasteiger partial charge in [0.1, 0.15) is 6.04 Å². The first-order valence-electron chi connectivity index (χ1n) is 11.9. The molecule has 1 fully saturated rings. The predicted octanol–water partition coefficient (Wildman–Crippen LogP) is 3.37. The number of rotatable bonds is 6. The van der Waals surface area contributed by atoms with E-state index in [1.807, 2.05) is 28.0 Å². The van der Waals surface area contributed by atoms with Gasteiger partial charge in [0.05, 0.1) is 0 Å². The maximum absolute atomic E-state index is 13.6. The fourth-order valence-electron chi connectivity index (χ4n) is 4.81. The summed E-state index contributed by atoms with van der Waals surface area (Å²) in [6.45, 7) is 8.92. The van der Waals surface area contributed by atoms with Crippen LogP contribution in [0.3, 0.4) is 0 Å². The van der Waals surface area contributed by atoms with Crippen LogP contribution in [-0.2, 0) is 29.0 Å². The van der Waals surface area contributed by atoms with Gasteiger partial charge in [-0.2, -0.15) is 0 Å². The molecule has 2 aromatic carbocycles. The molecular formula is C27H35N3O2. The van der Waals surface area contributed by atoms with Crippen molar-refractivity contribution in [1.29, 1.82) is 0 Å². The molecule has 170 valence electrons. The molecule has 2 amide bonds. The van der Waals surface area contributed by atoms with E-state index in [0.717, 1.165) is 39.1 Å². The van der Waals surface area contributed by atoms with E-state index in [1.54, 1.807) is 0 Å². The van der Waals surface area contributed by atoms with Crippen LogP contribution in [0, 0.1) is 5.92 Å². The molecule has 0 saturated carbocycles. The average molecular weight is 434 g/mol.